The molecule has 1 aliphatic carbocycles. The number of cyclic esters (lactones) is 1. The Hall–Kier alpha value is -2.99. The van der Waals surface area contributed by atoms with Crippen LogP contribution < -0.4 is 0 Å². The molecule has 0 saturated carbocycles. The van der Waals surface area contributed by atoms with Crippen LogP contribution in [-0.4, -0.2) is 33.0 Å². The van der Waals surface area contributed by atoms with Gasteiger partial charge in [0, 0.05) is 28.5 Å². The second kappa shape index (κ2) is 7.12. The van der Waals surface area contributed by atoms with Gasteiger partial charge in [0.25, 0.3) is 0 Å². The van der Waals surface area contributed by atoms with Gasteiger partial charge < -0.3 is 4.74 Å². The van der Waals surface area contributed by atoms with E-state index in [2.05, 4.69) is 6.92 Å². The molecule has 0 saturated heterocycles. The van der Waals surface area contributed by atoms with Gasteiger partial charge in [0.1, 0.15) is 6.61 Å². The number of allylic oxidation sites excluding steroid dienone is 1. The van der Waals surface area contributed by atoms with Gasteiger partial charge in [-0.15, -0.1) is 0 Å². The lowest BCUT2D eigenvalue weighted by atomic mass is 9.93. The van der Waals surface area contributed by atoms with Crippen molar-refractivity contribution in [2.75, 3.05) is 12.9 Å². The summed E-state index contributed by atoms with van der Waals surface area (Å²) in [5, 5.41) is 0. The molecule has 0 radical (unpaired) electrons. The van der Waals surface area contributed by atoms with E-state index < -0.39 is 15.8 Å². The minimum atomic E-state index is -3.32. The molecule has 0 bridgehead atoms. The Balaban J connectivity index is 1.90. The lowest BCUT2D eigenvalue weighted by Gasteiger charge is -2.16. The molecule has 0 amide bonds. The second-order valence-electron chi connectivity index (χ2n) is 7.22. The minimum Gasteiger partial charge on any atom is -0.461 e. The van der Waals surface area contributed by atoms with Crippen LogP contribution in [0.3, 0.4) is 0 Å². The van der Waals surface area contributed by atoms with Crippen molar-refractivity contribution < 1.29 is 22.7 Å². The predicted octanol–water partition coefficient (Wildman–Crippen LogP) is 3.39. The summed E-state index contributed by atoms with van der Waals surface area (Å²) in [6, 6.07) is 14.3. The molecule has 0 fully saturated rings. The molecule has 2 aromatic rings. The van der Waals surface area contributed by atoms with Crippen molar-refractivity contribution in [1.29, 1.82) is 0 Å². The fourth-order valence-corrected chi connectivity index (χ4v) is 4.40. The van der Waals surface area contributed by atoms with E-state index in [1.165, 1.54) is 12.1 Å². The van der Waals surface area contributed by atoms with Gasteiger partial charge in [-0.05, 0) is 35.2 Å². The maximum absolute atomic E-state index is 13.2. The summed E-state index contributed by atoms with van der Waals surface area (Å²) in [4.78, 5) is 25.2. The zero-order valence-electron chi connectivity index (χ0n) is 16.2. The third kappa shape index (κ3) is 3.44. The number of sulfone groups is 1. The van der Waals surface area contributed by atoms with E-state index in [1.807, 2.05) is 24.3 Å². The number of rotatable bonds is 4. The number of carbonyl (C=O) groups is 2. The van der Waals surface area contributed by atoms with Gasteiger partial charge in [-0.3, -0.25) is 9.59 Å². The number of ketones is 1. The van der Waals surface area contributed by atoms with Gasteiger partial charge in [-0.1, -0.05) is 43.3 Å². The van der Waals surface area contributed by atoms with Crippen molar-refractivity contribution in [2.45, 2.75) is 24.7 Å². The first kappa shape index (κ1) is 19.3. The molecule has 4 rings (SSSR count). The van der Waals surface area contributed by atoms with Crippen LogP contribution in [0.15, 0.2) is 64.6 Å². The highest BCUT2D eigenvalue weighted by atomic mass is 32.2. The molecule has 2 aliphatic rings. The summed E-state index contributed by atoms with van der Waals surface area (Å²) in [6.07, 6.45) is 2.00. The van der Waals surface area contributed by atoms with Crippen molar-refractivity contribution in [2.24, 2.45) is 0 Å². The van der Waals surface area contributed by atoms with E-state index in [0.29, 0.717) is 22.3 Å². The normalized spacial score (nSPS) is 16.9. The molecule has 1 heterocycles. The number of aryl methyl sites for hydroxylation is 1. The summed E-state index contributed by atoms with van der Waals surface area (Å²) < 4.78 is 28.8. The topological polar surface area (TPSA) is 77.5 Å². The first-order valence-electron chi connectivity index (χ1n) is 9.36. The lowest BCUT2D eigenvalue weighted by molar-refractivity contribution is -0.143. The van der Waals surface area contributed by atoms with Crippen molar-refractivity contribution in [3.05, 3.63) is 76.4 Å². The third-order valence-corrected chi connectivity index (χ3v) is 6.47. The van der Waals surface area contributed by atoms with E-state index in [-0.39, 0.29) is 23.7 Å². The molecule has 0 unspecified atom stereocenters. The molecule has 0 spiro atoms. The van der Waals surface area contributed by atoms with Gasteiger partial charge >= 0.3 is 5.97 Å². The van der Waals surface area contributed by atoms with Crippen molar-refractivity contribution in [3.63, 3.8) is 0 Å². The zero-order valence-corrected chi connectivity index (χ0v) is 17.0. The molecule has 5 nitrogen and oxygen atoms in total. The molecule has 0 aromatic heterocycles. The Bertz CT molecular complexity index is 1180. The summed E-state index contributed by atoms with van der Waals surface area (Å²) in [5.74, 6) is -0.574. The average Bonchev–Trinajstić information content (AvgIpc) is 2.99. The fraction of sp³-hybridized carbons (Fsp3) is 0.217. The van der Waals surface area contributed by atoms with Crippen LogP contribution >= 0.6 is 0 Å². The number of benzene rings is 2. The zero-order chi connectivity index (χ0) is 20.8. The second-order valence-corrected chi connectivity index (χ2v) is 9.24. The number of carbonyl (C=O) groups excluding carboxylic acids is 2. The number of ether oxygens (including phenoxy) is 1. The largest absolute Gasteiger partial charge is 0.461 e. The van der Waals surface area contributed by atoms with Crippen LogP contribution in [0, 0.1) is 0 Å². The smallest absolute Gasteiger partial charge is 0.310 e. The molecule has 148 valence electrons. The minimum absolute atomic E-state index is 0.0413. The summed E-state index contributed by atoms with van der Waals surface area (Å²) >= 11 is 0. The van der Waals surface area contributed by atoms with Gasteiger partial charge in [0.05, 0.1) is 11.3 Å². The summed E-state index contributed by atoms with van der Waals surface area (Å²) in [5.41, 5.74) is 5.08. The Kier molecular flexibility index (Phi) is 4.74. The van der Waals surface area contributed by atoms with Crippen LogP contribution in [0.1, 0.15) is 30.0 Å². The number of hydrogen-bond donors (Lipinski definition) is 0. The van der Waals surface area contributed by atoms with Crippen LogP contribution in [0.4, 0.5) is 0 Å². The Morgan fingerprint density at radius 3 is 2.03 bits per heavy atom. The number of Topliss-reactive ketones (excluding diaryl/α,β-unsaturated/α-hetero) is 1. The van der Waals surface area contributed by atoms with Crippen LogP contribution in [0.5, 0.6) is 0 Å². The Morgan fingerprint density at radius 2 is 1.45 bits per heavy atom. The van der Waals surface area contributed by atoms with E-state index in [9.17, 15) is 18.0 Å². The number of hydrogen-bond acceptors (Lipinski definition) is 5. The van der Waals surface area contributed by atoms with Gasteiger partial charge in [-0.2, -0.15) is 0 Å². The van der Waals surface area contributed by atoms with E-state index in [4.69, 9.17) is 4.74 Å². The van der Waals surface area contributed by atoms with Crippen LogP contribution in [-0.2, 0) is 30.6 Å². The standard InChI is InChI=1S/C23H20O5S/c1-3-14-4-6-16(7-5-14)22-21(15-8-10-17(11-9-15)29(2,26)27)19-13-28-20(24)12-18(19)23(22)25/h4-11H,3,12-13H2,1-2H3. The van der Waals surface area contributed by atoms with E-state index in [0.717, 1.165) is 29.4 Å². The third-order valence-electron chi connectivity index (χ3n) is 5.34. The van der Waals surface area contributed by atoms with Gasteiger partial charge in [0.2, 0.25) is 0 Å². The van der Waals surface area contributed by atoms with Crippen molar-refractivity contribution >= 4 is 32.7 Å². The molecule has 6 heteroatoms. The maximum atomic E-state index is 13.2. The molecule has 0 atom stereocenters. The van der Waals surface area contributed by atoms with E-state index in [1.54, 1.807) is 12.1 Å². The average molecular weight is 408 g/mol. The van der Waals surface area contributed by atoms with E-state index >= 15 is 0 Å². The lowest BCUT2D eigenvalue weighted by Crippen LogP contribution is -2.18. The number of esters is 1. The summed E-state index contributed by atoms with van der Waals surface area (Å²) in [6.45, 7) is 2.10. The monoisotopic (exact) mass is 408 g/mol. The quantitative estimate of drug-likeness (QED) is 0.725. The predicted molar refractivity (Wildman–Crippen MR) is 110 cm³/mol. The van der Waals surface area contributed by atoms with Gasteiger partial charge in [-0.25, -0.2) is 8.42 Å². The summed E-state index contributed by atoms with van der Waals surface area (Å²) in [7, 11) is -3.32. The molecule has 29 heavy (non-hydrogen) atoms. The molecule has 0 N–H and O–H groups in total. The molecule has 1 aliphatic heterocycles. The highest BCUT2D eigenvalue weighted by Gasteiger charge is 2.37. The first-order valence-corrected chi connectivity index (χ1v) is 11.3. The Morgan fingerprint density at radius 1 is 0.862 bits per heavy atom. The molecular formula is C23H20O5S. The maximum Gasteiger partial charge on any atom is 0.310 e. The van der Waals surface area contributed by atoms with Crippen molar-refractivity contribution in [3.8, 4) is 0 Å². The molecular weight excluding hydrogens is 388 g/mol. The fourth-order valence-electron chi connectivity index (χ4n) is 3.77. The highest BCUT2D eigenvalue weighted by Crippen LogP contribution is 2.44. The van der Waals surface area contributed by atoms with Crippen LogP contribution in [0.2, 0.25) is 0 Å². The molecule has 2 aromatic carbocycles. The van der Waals surface area contributed by atoms with Gasteiger partial charge in [0.15, 0.2) is 15.6 Å². The highest BCUT2D eigenvalue weighted by molar-refractivity contribution is 7.90. The SMILES string of the molecule is CCc1ccc(C2=C(c3ccc(S(C)(=O)=O)cc3)C3=C(CC(=O)OC3)C2=O)cc1. The van der Waals surface area contributed by atoms with Crippen LogP contribution in [0.25, 0.3) is 11.1 Å². The first-order chi connectivity index (χ1) is 13.8. The van der Waals surface area contributed by atoms with Crippen molar-refractivity contribution in [1.82, 2.24) is 0 Å². The Labute approximate surface area is 169 Å².